The van der Waals surface area contributed by atoms with E-state index in [1.54, 1.807) is 0 Å². The van der Waals surface area contributed by atoms with Gasteiger partial charge in [-0.15, -0.1) is 0 Å². The molecular formula is C25H35N3O2. The van der Waals surface area contributed by atoms with E-state index in [1.807, 2.05) is 11.8 Å². The summed E-state index contributed by atoms with van der Waals surface area (Å²) < 4.78 is 0. The molecule has 30 heavy (non-hydrogen) atoms. The number of likely N-dealkylation sites (tertiary alicyclic amines) is 1. The number of amides is 2. The number of rotatable bonds is 5. The van der Waals surface area contributed by atoms with Crippen LogP contribution in [0.15, 0.2) is 36.0 Å². The molecule has 2 aliphatic heterocycles. The first kappa shape index (κ1) is 21.0. The summed E-state index contributed by atoms with van der Waals surface area (Å²) in [7, 11) is 0. The molecular weight excluding hydrogens is 374 g/mol. The molecule has 5 nitrogen and oxygen atoms in total. The van der Waals surface area contributed by atoms with Crippen molar-refractivity contribution < 1.29 is 9.59 Å². The normalized spacial score (nSPS) is 25.0. The van der Waals surface area contributed by atoms with E-state index >= 15 is 0 Å². The van der Waals surface area contributed by atoms with Crippen molar-refractivity contribution in [3.8, 4) is 0 Å². The van der Waals surface area contributed by atoms with E-state index < -0.39 is 5.41 Å². The zero-order chi connectivity index (χ0) is 21.1. The third-order valence-electron chi connectivity index (χ3n) is 7.28. The standard InChI is InChI=1S/C25H35N3O2/c1-3-28-22-6-4-5-14-25(22,15-11-23(28)29)24(30)26-18-20-7-9-21(10-8-20)27-16-12-19(2)13-17-27/h6-10,19H,3-5,11-18H2,1-2H3,(H,26,30). The van der Waals surface area contributed by atoms with Gasteiger partial charge in [-0.1, -0.05) is 25.1 Å². The SMILES string of the molecule is CCN1C(=O)CCC2(C(=O)NCc3ccc(N4CCC(C)CC4)cc3)CCCC=C12. The summed E-state index contributed by atoms with van der Waals surface area (Å²) in [4.78, 5) is 30.0. The molecule has 3 aliphatic rings. The molecule has 2 fully saturated rings. The fraction of sp³-hybridized carbons (Fsp3) is 0.600. The zero-order valence-corrected chi connectivity index (χ0v) is 18.5. The van der Waals surface area contributed by atoms with Gasteiger partial charge >= 0.3 is 0 Å². The zero-order valence-electron chi connectivity index (χ0n) is 18.5. The molecule has 5 heteroatoms. The number of carbonyl (C=O) groups excluding carboxylic acids is 2. The van der Waals surface area contributed by atoms with Crippen LogP contribution in [0.4, 0.5) is 5.69 Å². The smallest absolute Gasteiger partial charge is 0.232 e. The number of benzene rings is 1. The summed E-state index contributed by atoms with van der Waals surface area (Å²) in [5, 5.41) is 3.19. The van der Waals surface area contributed by atoms with Gasteiger partial charge in [-0.2, -0.15) is 0 Å². The summed E-state index contributed by atoms with van der Waals surface area (Å²) >= 11 is 0. The van der Waals surface area contributed by atoms with Crippen LogP contribution in [0.2, 0.25) is 0 Å². The number of nitrogens with zero attached hydrogens (tertiary/aromatic N) is 2. The highest BCUT2D eigenvalue weighted by Gasteiger charge is 2.49. The minimum Gasteiger partial charge on any atom is -0.372 e. The van der Waals surface area contributed by atoms with Crippen LogP contribution < -0.4 is 10.2 Å². The molecule has 1 N–H and O–H groups in total. The van der Waals surface area contributed by atoms with E-state index in [2.05, 4.69) is 47.5 Å². The summed E-state index contributed by atoms with van der Waals surface area (Å²) in [6, 6.07) is 8.62. The predicted molar refractivity (Wildman–Crippen MR) is 120 cm³/mol. The lowest BCUT2D eigenvalue weighted by molar-refractivity contribution is -0.140. The average molecular weight is 410 g/mol. The van der Waals surface area contributed by atoms with Crippen LogP contribution in [0, 0.1) is 11.3 Å². The second-order valence-electron chi connectivity index (χ2n) is 9.22. The number of hydrogen-bond acceptors (Lipinski definition) is 3. The molecule has 1 aromatic carbocycles. The largest absolute Gasteiger partial charge is 0.372 e. The van der Waals surface area contributed by atoms with Gasteiger partial charge in [0.15, 0.2) is 0 Å². The molecule has 1 atom stereocenters. The lowest BCUT2D eigenvalue weighted by atomic mass is 9.69. The number of hydrogen-bond donors (Lipinski definition) is 1. The van der Waals surface area contributed by atoms with Crippen LogP contribution in [-0.4, -0.2) is 36.3 Å². The van der Waals surface area contributed by atoms with E-state index in [1.165, 1.54) is 18.5 Å². The summed E-state index contributed by atoms with van der Waals surface area (Å²) in [6.45, 7) is 7.74. The third kappa shape index (κ3) is 3.99. The summed E-state index contributed by atoms with van der Waals surface area (Å²) in [6.07, 6.45) is 8.52. The Bertz CT molecular complexity index is 808. The molecule has 1 aromatic rings. The first-order valence-corrected chi connectivity index (χ1v) is 11.7. The Balaban J connectivity index is 1.41. The maximum absolute atomic E-state index is 13.3. The van der Waals surface area contributed by atoms with Crippen LogP contribution in [0.3, 0.4) is 0 Å². The fourth-order valence-corrected chi connectivity index (χ4v) is 5.31. The van der Waals surface area contributed by atoms with Crippen molar-refractivity contribution in [2.24, 2.45) is 11.3 Å². The Hall–Kier alpha value is -2.30. The minimum absolute atomic E-state index is 0.0773. The third-order valence-corrected chi connectivity index (χ3v) is 7.28. The quantitative estimate of drug-likeness (QED) is 0.792. The van der Waals surface area contributed by atoms with Gasteiger partial charge in [0.2, 0.25) is 11.8 Å². The highest BCUT2D eigenvalue weighted by molar-refractivity contribution is 5.91. The molecule has 1 aliphatic carbocycles. The monoisotopic (exact) mass is 409 g/mol. The van der Waals surface area contributed by atoms with E-state index in [4.69, 9.17) is 0 Å². The summed E-state index contributed by atoms with van der Waals surface area (Å²) in [5.74, 6) is 1.05. The van der Waals surface area contributed by atoms with Crippen LogP contribution in [-0.2, 0) is 16.1 Å². The molecule has 0 spiro atoms. The van der Waals surface area contributed by atoms with Crippen LogP contribution >= 0.6 is 0 Å². The Morgan fingerprint density at radius 1 is 1.17 bits per heavy atom. The van der Waals surface area contributed by atoms with Crippen LogP contribution in [0.1, 0.15) is 64.4 Å². The minimum atomic E-state index is -0.535. The molecule has 1 unspecified atom stereocenters. The lowest BCUT2D eigenvalue weighted by Crippen LogP contribution is -2.52. The van der Waals surface area contributed by atoms with Gasteiger partial charge in [0, 0.05) is 44.0 Å². The van der Waals surface area contributed by atoms with Gasteiger partial charge in [-0.3, -0.25) is 9.59 Å². The number of nitrogens with one attached hydrogen (secondary N) is 1. The second-order valence-corrected chi connectivity index (χ2v) is 9.22. The maximum Gasteiger partial charge on any atom is 0.232 e. The van der Waals surface area contributed by atoms with Crippen molar-refractivity contribution in [2.45, 2.75) is 65.3 Å². The highest BCUT2D eigenvalue weighted by atomic mass is 16.2. The molecule has 2 amide bonds. The van der Waals surface area contributed by atoms with Crippen molar-refractivity contribution in [2.75, 3.05) is 24.5 Å². The Labute approximate surface area is 180 Å². The van der Waals surface area contributed by atoms with Crippen molar-refractivity contribution >= 4 is 17.5 Å². The van der Waals surface area contributed by atoms with Gasteiger partial charge in [-0.25, -0.2) is 0 Å². The number of piperidine rings is 2. The topological polar surface area (TPSA) is 52.7 Å². The van der Waals surface area contributed by atoms with Crippen molar-refractivity contribution in [1.29, 1.82) is 0 Å². The van der Waals surface area contributed by atoms with E-state index in [0.717, 1.165) is 49.5 Å². The second kappa shape index (κ2) is 8.83. The van der Waals surface area contributed by atoms with Gasteiger partial charge in [0.1, 0.15) is 0 Å². The number of allylic oxidation sites excluding steroid dienone is 1. The molecule has 0 aromatic heterocycles. The Morgan fingerprint density at radius 2 is 1.90 bits per heavy atom. The molecule has 0 bridgehead atoms. The maximum atomic E-state index is 13.3. The number of carbonyl (C=O) groups is 2. The summed E-state index contributed by atoms with van der Waals surface area (Å²) in [5.41, 5.74) is 2.80. The van der Waals surface area contributed by atoms with Gasteiger partial charge < -0.3 is 15.1 Å². The molecule has 2 heterocycles. The Morgan fingerprint density at radius 3 is 2.60 bits per heavy atom. The van der Waals surface area contributed by atoms with Crippen LogP contribution in [0.25, 0.3) is 0 Å². The predicted octanol–water partition coefficient (Wildman–Crippen LogP) is 4.24. The molecule has 0 saturated carbocycles. The van der Waals surface area contributed by atoms with Crippen molar-refractivity contribution in [3.63, 3.8) is 0 Å². The average Bonchev–Trinajstić information content (AvgIpc) is 2.78. The van der Waals surface area contributed by atoms with Crippen LogP contribution in [0.5, 0.6) is 0 Å². The van der Waals surface area contributed by atoms with Gasteiger partial charge in [0.05, 0.1) is 5.41 Å². The Kier molecular flexibility index (Phi) is 6.16. The molecule has 2 saturated heterocycles. The molecule has 0 radical (unpaired) electrons. The number of fused-ring (bicyclic) bond motifs is 1. The number of anilines is 1. The molecule has 4 rings (SSSR count). The lowest BCUT2D eigenvalue weighted by Gasteiger charge is -2.45. The van der Waals surface area contributed by atoms with Crippen molar-refractivity contribution in [1.82, 2.24) is 10.2 Å². The first-order valence-electron chi connectivity index (χ1n) is 11.7. The van der Waals surface area contributed by atoms with Crippen molar-refractivity contribution in [3.05, 3.63) is 41.6 Å². The van der Waals surface area contributed by atoms with Gasteiger partial charge in [-0.05, 0) is 69.1 Å². The highest BCUT2D eigenvalue weighted by Crippen LogP contribution is 2.46. The van der Waals surface area contributed by atoms with E-state index in [0.29, 0.717) is 25.9 Å². The van der Waals surface area contributed by atoms with E-state index in [9.17, 15) is 9.59 Å². The molecule has 162 valence electrons. The van der Waals surface area contributed by atoms with E-state index in [-0.39, 0.29) is 11.8 Å². The van der Waals surface area contributed by atoms with Gasteiger partial charge in [0.25, 0.3) is 0 Å². The first-order chi connectivity index (χ1) is 14.5. The fourth-order valence-electron chi connectivity index (χ4n) is 5.31.